The molecule has 0 aliphatic rings. The molecule has 1 aromatic heterocycles. The molecular weight excluding hydrogens is 237 g/mol. The van der Waals surface area contributed by atoms with Gasteiger partial charge in [0.15, 0.2) is 0 Å². The molecule has 0 unspecified atom stereocenters. The van der Waals surface area contributed by atoms with Gasteiger partial charge in [0.25, 0.3) is 0 Å². The summed E-state index contributed by atoms with van der Waals surface area (Å²) in [6, 6.07) is 1.29. The molecule has 0 atom stereocenters. The molecule has 0 aromatic carbocycles. The number of alkyl halides is 1. The van der Waals surface area contributed by atoms with E-state index in [1.807, 2.05) is 0 Å². The van der Waals surface area contributed by atoms with Gasteiger partial charge in [-0.1, -0.05) is 27.8 Å². The molecule has 1 aromatic rings. The minimum absolute atomic E-state index is 0.342. The van der Waals surface area contributed by atoms with Gasteiger partial charge in [0.05, 0.1) is 24.2 Å². The SMILES string of the molecule is COc1ncc(F)cc1C#CCBr. The van der Waals surface area contributed by atoms with Crippen molar-refractivity contribution in [3.8, 4) is 17.7 Å². The average molecular weight is 244 g/mol. The summed E-state index contributed by atoms with van der Waals surface area (Å²) >= 11 is 3.14. The van der Waals surface area contributed by atoms with Crippen molar-refractivity contribution < 1.29 is 9.13 Å². The number of methoxy groups -OCH3 is 1. The number of rotatable bonds is 1. The lowest BCUT2D eigenvalue weighted by atomic mass is 10.3. The summed E-state index contributed by atoms with van der Waals surface area (Å²) in [5, 5.41) is 0.534. The fourth-order valence-corrected chi connectivity index (χ4v) is 0.948. The van der Waals surface area contributed by atoms with Crippen LogP contribution in [0.5, 0.6) is 5.88 Å². The Kier molecular flexibility index (Phi) is 3.71. The smallest absolute Gasteiger partial charge is 0.229 e. The third kappa shape index (κ3) is 2.71. The summed E-state index contributed by atoms with van der Waals surface area (Å²) in [5.74, 6) is 5.40. The lowest BCUT2D eigenvalue weighted by Crippen LogP contribution is -1.92. The first kappa shape index (κ1) is 10.0. The van der Waals surface area contributed by atoms with E-state index in [1.54, 1.807) is 0 Å². The van der Waals surface area contributed by atoms with Gasteiger partial charge in [0.2, 0.25) is 5.88 Å². The maximum absolute atomic E-state index is 12.7. The standard InChI is InChI=1S/C9H7BrFNO/c1-13-9-7(3-2-4-10)5-8(11)6-12-9/h5-6H,4H2,1H3. The molecule has 1 heterocycles. The predicted octanol–water partition coefficient (Wildman–Crippen LogP) is 1.98. The molecule has 0 amide bonds. The Labute approximate surface area is 84.3 Å². The molecule has 0 saturated carbocycles. The van der Waals surface area contributed by atoms with Crippen LogP contribution in [0.3, 0.4) is 0 Å². The highest BCUT2D eigenvalue weighted by Crippen LogP contribution is 2.13. The van der Waals surface area contributed by atoms with Crippen LogP contribution in [-0.2, 0) is 0 Å². The second kappa shape index (κ2) is 4.83. The minimum atomic E-state index is -0.417. The van der Waals surface area contributed by atoms with Crippen LogP contribution in [-0.4, -0.2) is 17.4 Å². The number of nitrogens with zero attached hydrogens (tertiary/aromatic N) is 1. The Bertz CT molecular complexity index is 356. The van der Waals surface area contributed by atoms with Crippen molar-refractivity contribution in [3.05, 3.63) is 23.6 Å². The quantitative estimate of drug-likeness (QED) is 0.556. The topological polar surface area (TPSA) is 22.1 Å². The van der Waals surface area contributed by atoms with Crippen LogP contribution in [0, 0.1) is 17.7 Å². The van der Waals surface area contributed by atoms with Gasteiger partial charge in [-0.15, -0.1) is 0 Å². The molecule has 0 N–H and O–H groups in total. The summed E-state index contributed by atoms with van der Waals surface area (Å²) in [7, 11) is 1.47. The molecule has 13 heavy (non-hydrogen) atoms. The number of aromatic nitrogens is 1. The zero-order valence-electron chi connectivity index (χ0n) is 6.97. The zero-order chi connectivity index (χ0) is 9.68. The molecule has 4 heteroatoms. The fraction of sp³-hybridized carbons (Fsp3) is 0.222. The van der Waals surface area contributed by atoms with Gasteiger partial charge < -0.3 is 4.74 Å². The van der Waals surface area contributed by atoms with Crippen molar-refractivity contribution in [1.82, 2.24) is 4.98 Å². The Morgan fingerprint density at radius 2 is 2.46 bits per heavy atom. The normalized spacial score (nSPS) is 8.85. The van der Waals surface area contributed by atoms with Gasteiger partial charge >= 0.3 is 0 Å². The number of pyridine rings is 1. The van der Waals surface area contributed by atoms with Crippen LogP contribution in [0.15, 0.2) is 12.3 Å². The van der Waals surface area contributed by atoms with E-state index in [0.29, 0.717) is 16.8 Å². The minimum Gasteiger partial charge on any atom is -0.480 e. The zero-order valence-corrected chi connectivity index (χ0v) is 8.56. The first-order valence-corrected chi connectivity index (χ1v) is 4.64. The maximum atomic E-state index is 12.7. The largest absolute Gasteiger partial charge is 0.480 e. The van der Waals surface area contributed by atoms with Gasteiger partial charge in [0, 0.05) is 0 Å². The van der Waals surface area contributed by atoms with E-state index in [-0.39, 0.29) is 0 Å². The number of hydrogen-bond acceptors (Lipinski definition) is 2. The van der Waals surface area contributed by atoms with Gasteiger partial charge in [-0.2, -0.15) is 0 Å². The summed E-state index contributed by atoms with van der Waals surface area (Å²) in [6.45, 7) is 0. The van der Waals surface area contributed by atoms with E-state index in [1.165, 1.54) is 13.2 Å². The van der Waals surface area contributed by atoms with Crippen LogP contribution >= 0.6 is 15.9 Å². The van der Waals surface area contributed by atoms with Gasteiger partial charge in [0.1, 0.15) is 5.82 Å². The monoisotopic (exact) mass is 243 g/mol. The molecule has 0 bridgehead atoms. The van der Waals surface area contributed by atoms with Crippen molar-refractivity contribution in [2.24, 2.45) is 0 Å². The molecule has 0 fully saturated rings. The summed E-state index contributed by atoms with van der Waals surface area (Å²) < 4.78 is 17.6. The van der Waals surface area contributed by atoms with Crippen molar-refractivity contribution >= 4 is 15.9 Å². The molecule has 0 spiro atoms. The molecule has 0 saturated heterocycles. The molecular formula is C9H7BrFNO. The molecule has 0 radical (unpaired) electrons. The van der Waals surface area contributed by atoms with Gasteiger partial charge in [-0.25, -0.2) is 9.37 Å². The maximum Gasteiger partial charge on any atom is 0.229 e. The highest BCUT2D eigenvalue weighted by molar-refractivity contribution is 9.09. The van der Waals surface area contributed by atoms with Crippen LogP contribution in [0.4, 0.5) is 4.39 Å². The predicted molar refractivity (Wildman–Crippen MR) is 51.4 cm³/mol. The van der Waals surface area contributed by atoms with Crippen molar-refractivity contribution in [3.63, 3.8) is 0 Å². The number of ether oxygens (including phenoxy) is 1. The van der Waals surface area contributed by atoms with Gasteiger partial charge in [-0.05, 0) is 6.07 Å². The highest BCUT2D eigenvalue weighted by Gasteiger charge is 2.02. The van der Waals surface area contributed by atoms with Crippen LogP contribution in [0.25, 0.3) is 0 Å². The highest BCUT2D eigenvalue weighted by atomic mass is 79.9. The van der Waals surface area contributed by atoms with Crippen LogP contribution in [0.2, 0.25) is 0 Å². The van der Waals surface area contributed by atoms with Crippen LogP contribution in [0.1, 0.15) is 5.56 Å². The Hall–Kier alpha value is -1.08. The summed E-state index contributed by atoms with van der Waals surface area (Å²) in [4.78, 5) is 3.73. The molecule has 1 rings (SSSR count). The lowest BCUT2D eigenvalue weighted by Gasteiger charge is -2.00. The van der Waals surface area contributed by atoms with Gasteiger partial charge in [-0.3, -0.25) is 0 Å². The Morgan fingerprint density at radius 3 is 3.08 bits per heavy atom. The second-order valence-corrected chi connectivity index (χ2v) is 2.71. The van der Waals surface area contributed by atoms with E-state index in [2.05, 4.69) is 32.8 Å². The Balaban J connectivity index is 3.08. The van der Waals surface area contributed by atoms with Crippen LogP contribution < -0.4 is 4.74 Å². The van der Waals surface area contributed by atoms with E-state index in [9.17, 15) is 4.39 Å². The van der Waals surface area contributed by atoms with E-state index < -0.39 is 5.82 Å². The first-order valence-electron chi connectivity index (χ1n) is 3.52. The lowest BCUT2D eigenvalue weighted by molar-refractivity contribution is 0.394. The third-order valence-corrected chi connectivity index (χ3v) is 1.58. The average Bonchev–Trinajstić information content (AvgIpc) is 2.15. The second-order valence-electron chi connectivity index (χ2n) is 2.15. The Morgan fingerprint density at radius 1 is 1.69 bits per heavy atom. The number of hydrogen-bond donors (Lipinski definition) is 0. The fourth-order valence-electron chi connectivity index (χ4n) is 0.808. The van der Waals surface area contributed by atoms with E-state index in [4.69, 9.17) is 4.74 Å². The van der Waals surface area contributed by atoms with Crippen molar-refractivity contribution in [2.75, 3.05) is 12.4 Å². The van der Waals surface area contributed by atoms with Crippen molar-refractivity contribution in [1.29, 1.82) is 0 Å². The third-order valence-electron chi connectivity index (χ3n) is 1.30. The first-order chi connectivity index (χ1) is 6.27. The number of halogens is 2. The van der Waals surface area contributed by atoms with Crippen molar-refractivity contribution in [2.45, 2.75) is 0 Å². The molecule has 0 aliphatic carbocycles. The van der Waals surface area contributed by atoms with E-state index in [0.717, 1.165) is 6.20 Å². The molecule has 0 aliphatic heterocycles. The van der Waals surface area contributed by atoms with E-state index >= 15 is 0 Å². The molecule has 2 nitrogen and oxygen atoms in total. The summed E-state index contributed by atoms with van der Waals surface area (Å²) in [6.07, 6.45) is 1.10. The molecule has 68 valence electrons. The summed E-state index contributed by atoms with van der Waals surface area (Å²) in [5.41, 5.74) is 0.460.